The Kier molecular flexibility index (Phi) is 4.16. The predicted molar refractivity (Wildman–Crippen MR) is 124 cm³/mol. The SMILES string of the molecule is C[C@@H](Oc1cc(B2OC(C)(C)C(C)(C)O2)cc2ncn(C34CC(C3)C4)c12)c1ccccn1. The van der Waals surface area contributed by atoms with Gasteiger partial charge in [-0.1, -0.05) is 6.07 Å². The molecule has 4 aliphatic rings. The maximum Gasteiger partial charge on any atom is 0.495 e. The van der Waals surface area contributed by atoms with E-state index < -0.39 is 18.3 Å². The Morgan fingerprint density at radius 3 is 2.38 bits per heavy atom. The van der Waals surface area contributed by atoms with Crippen LogP contribution in [-0.4, -0.2) is 32.9 Å². The molecule has 0 N–H and O–H groups in total. The third kappa shape index (κ3) is 2.87. The normalized spacial score (nSPS) is 28.3. The molecule has 1 aliphatic heterocycles. The van der Waals surface area contributed by atoms with Crippen LogP contribution in [0.3, 0.4) is 0 Å². The minimum absolute atomic E-state index is 0.190. The summed E-state index contributed by atoms with van der Waals surface area (Å²) in [7, 11) is -0.461. The van der Waals surface area contributed by atoms with Crippen molar-refractivity contribution in [3.05, 3.63) is 48.5 Å². The number of nitrogens with zero attached hydrogens (tertiary/aromatic N) is 3. The number of ether oxygens (including phenoxy) is 1. The van der Waals surface area contributed by atoms with E-state index in [0.717, 1.165) is 33.9 Å². The zero-order valence-corrected chi connectivity index (χ0v) is 19.5. The highest BCUT2D eigenvalue weighted by molar-refractivity contribution is 6.62. The molecular weight excluding hydrogens is 401 g/mol. The molecule has 3 aliphatic carbocycles. The van der Waals surface area contributed by atoms with Crippen molar-refractivity contribution in [2.75, 3.05) is 0 Å². The lowest BCUT2D eigenvalue weighted by molar-refractivity contribution is -0.0861. The zero-order valence-electron chi connectivity index (χ0n) is 19.5. The summed E-state index contributed by atoms with van der Waals surface area (Å²) in [6.45, 7) is 10.3. The van der Waals surface area contributed by atoms with Crippen LogP contribution < -0.4 is 10.2 Å². The van der Waals surface area contributed by atoms with Gasteiger partial charge >= 0.3 is 7.12 Å². The van der Waals surface area contributed by atoms with Gasteiger partial charge in [-0.15, -0.1) is 0 Å². The van der Waals surface area contributed by atoms with Crippen molar-refractivity contribution in [1.29, 1.82) is 0 Å². The summed E-state index contributed by atoms with van der Waals surface area (Å²) in [6.07, 6.45) is 7.33. The molecule has 32 heavy (non-hydrogen) atoms. The molecular formula is C25H30BN3O3. The fraction of sp³-hybridized carbons (Fsp3) is 0.520. The molecule has 1 aromatic carbocycles. The quantitative estimate of drug-likeness (QED) is 0.562. The lowest BCUT2D eigenvalue weighted by Crippen LogP contribution is -2.59. The topological polar surface area (TPSA) is 58.4 Å². The molecule has 3 aromatic rings. The van der Waals surface area contributed by atoms with Crippen LogP contribution in [0.15, 0.2) is 42.9 Å². The molecule has 0 spiro atoms. The summed E-state index contributed by atoms with van der Waals surface area (Å²) in [5.41, 5.74) is 3.23. The van der Waals surface area contributed by atoms with Crippen LogP contribution in [0.5, 0.6) is 5.75 Å². The standard InChI is InChI=1S/C25H30BN3O3/c1-16(19-8-6-7-9-27-19)30-21-11-18(26-31-23(2,3)24(4,5)32-26)10-20-22(21)29(15-28-20)25-12-17(13-25)14-25/h6-11,15-17H,12-14H2,1-5H3/t16-,17?,25?/m1/s1. The summed E-state index contributed by atoms with van der Waals surface area (Å²) in [6, 6.07) is 10.1. The Morgan fingerprint density at radius 2 is 1.78 bits per heavy atom. The van der Waals surface area contributed by atoms with Gasteiger partial charge in [0.1, 0.15) is 17.4 Å². The summed E-state index contributed by atoms with van der Waals surface area (Å²) in [5, 5.41) is 0. The lowest BCUT2D eigenvalue weighted by atomic mass is 9.49. The van der Waals surface area contributed by atoms with Crippen LogP contribution in [0.4, 0.5) is 0 Å². The Morgan fingerprint density at radius 1 is 1.06 bits per heavy atom. The number of hydrogen-bond acceptors (Lipinski definition) is 5. The van der Waals surface area contributed by atoms with E-state index in [1.165, 1.54) is 19.3 Å². The molecule has 0 radical (unpaired) electrons. The van der Waals surface area contributed by atoms with E-state index in [-0.39, 0.29) is 11.6 Å². The maximum atomic E-state index is 6.56. The van der Waals surface area contributed by atoms with Crippen molar-refractivity contribution >= 4 is 23.6 Å². The van der Waals surface area contributed by atoms with Crippen LogP contribution in [0, 0.1) is 5.92 Å². The first-order valence-corrected chi connectivity index (χ1v) is 11.6. The maximum absolute atomic E-state index is 6.56. The second-order valence-electron chi connectivity index (χ2n) is 10.8. The van der Waals surface area contributed by atoms with Crippen LogP contribution in [0.2, 0.25) is 0 Å². The first-order chi connectivity index (χ1) is 15.2. The van der Waals surface area contributed by atoms with Crippen molar-refractivity contribution in [3.63, 3.8) is 0 Å². The van der Waals surface area contributed by atoms with Gasteiger partial charge in [0.2, 0.25) is 0 Å². The third-order valence-corrected chi connectivity index (χ3v) is 8.08. The molecule has 0 amide bonds. The van der Waals surface area contributed by atoms with E-state index in [9.17, 15) is 0 Å². The van der Waals surface area contributed by atoms with Crippen molar-refractivity contribution in [3.8, 4) is 5.75 Å². The highest BCUT2D eigenvalue weighted by atomic mass is 16.7. The number of hydrogen-bond donors (Lipinski definition) is 0. The minimum atomic E-state index is -0.461. The van der Waals surface area contributed by atoms with Gasteiger partial charge < -0.3 is 18.6 Å². The molecule has 2 bridgehead atoms. The second-order valence-corrected chi connectivity index (χ2v) is 10.8. The fourth-order valence-electron chi connectivity index (χ4n) is 5.29. The van der Waals surface area contributed by atoms with Gasteiger partial charge in [0, 0.05) is 11.7 Å². The van der Waals surface area contributed by atoms with Gasteiger partial charge in [-0.2, -0.15) is 0 Å². The average molecular weight is 431 g/mol. The minimum Gasteiger partial charge on any atom is -0.482 e. The van der Waals surface area contributed by atoms with E-state index in [0.29, 0.717) is 0 Å². The molecule has 166 valence electrons. The Balaban J connectivity index is 1.43. The smallest absolute Gasteiger partial charge is 0.482 e. The highest BCUT2D eigenvalue weighted by Crippen LogP contribution is 2.63. The van der Waals surface area contributed by atoms with Gasteiger partial charge in [0.15, 0.2) is 0 Å². The molecule has 4 fully saturated rings. The van der Waals surface area contributed by atoms with E-state index in [1.807, 2.05) is 31.5 Å². The fourth-order valence-corrected chi connectivity index (χ4v) is 5.29. The monoisotopic (exact) mass is 431 g/mol. The summed E-state index contributed by atoms with van der Waals surface area (Å²) < 4.78 is 21.6. The van der Waals surface area contributed by atoms with Gasteiger partial charge in [0.05, 0.1) is 28.7 Å². The van der Waals surface area contributed by atoms with E-state index in [2.05, 4.69) is 49.4 Å². The van der Waals surface area contributed by atoms with Gasteiger partial charge in [-0.3, -0.25) is 4.98 Å². The van der Waals surface area contributed by atoms with Crippen LogP contribution >= 0.6 is 0 Å². The number of aromatic nitrogens is 3. The van der Waals surface area contributed by atoms with E-state index in [1.54, 1.807) is 6.20 Å². The Hall–Kier alpha value is -2.38. The number of rotatable bonds is 5. The number of benzene rings is 1. The summed E-state index contributed by atoms with van der Waals surface area (Å²) in [5.74, 6) is 1.70. The molecule has 2 aromatic heterocycles. The van der Waals surface area contributed by atoms with Crippen LogP contribution in [-0.2, 0) is 14.8 Å². The Labute approximate surface area is 189 Å². The molecule has 3 heterocycles. The van der Waals surface area contributed by atoms with Gasteiger partial charge in [-0.25, -0.2) is 4.98 Å². The summed E-state index contributed by atoms with van der Waals surface area (Å²) >= 11 is 0. The first kappa shape index (κ1) is 20.2. The largest absolute Gasteiger partial charge is 0.495 e. The van der Waals surface area contributed by atoms with E-state index >= 15 is 0 Å². The molecule has 1 saturated heterocycles. The number of fused-ring (bicyclic) bond motifs is 1. The zero-order chi connectivity index (χ0) is 22.3. The molecule has 1 atom stereocenters. The van der Waals surface area contributed by atoms with E-state index in [4.69, 9.17) is 19.0 Å². The highest BCUT2D eigenvalue weighted by Gasteiger charge is 2.58. The average Bonchev–Trinajstić information content (AvgIpc) is 3.18. The van der Waals surface area contributed by atoms with Crippen LogP contribution in [0.25, 0.3) is 11.0 Å². The Bertz CT molecular complexity index is 1160. The van der Waals surface area contributed by atoms with Gasteiger partial charge in [-0.05, 0) is 89.5 Å². The number of pyridine rings is 1. The summed E-state index contributed by atoms with van der Waals surface area (Å²) in [4.78, 5) is 9.28. The molecule has 7 heteroatoms. The number of imidazole rings is 1. The molecule has 3 saturated carbocycles. The van der Waals surface area contributed by atoms with Crippen molar-refractivity contribution in [1.82, 2.24) is 14.5 Å². The molecule has 0 unspecified atom stereocenters. The predicted octanol–water partition coefficient (Wildman–Crippen LogP) is 4.38. The molecule has 6 nitrogen and oxygen atoms in total. The van der Waals surface area contributed by atoms with Crippen molar-refractivity contribution in [2.45, 2.75) is 76.7 Å². The van der Waals surface area contributed by atoms with Crippen molar-refractivity contribution < 1.29 is 14.0 Å². The molecule has 7 rings (SSSR count). The first-order valence-electron chi connectivity index (χ1n) is 11.6. The second kappa shape index (κ2) is 6.58. The van der Waals surface area contributed by atoms with Crippen molar-refractivity contribution in [2.24, 2.45) is 5.92 Å². The van der Waals surface area contributed by atoms with Gasteiger partial charge in [0.25, 0.3) is 0 Å². The third-order valence-electron chi connectivity index (χ3n) is 8.08. The van der Waals surface area contributed by atoms with Crippen LogP contribution in [0.1, 0.15) is 65.7 Å². The lowest BCUT2D eigenvalue weighted by Gasteiger charge is -2.62.